The van der Waals surface area contributed by atoms with Gasteiger partial charge in [0, 0.05) is 17.6 Å². The molecule has 3 N–H and O–H groups in total. The predicted octanol–water partition coefficient (Wildman–Crippen LogP) is -1.24. The smallest absolute Gasteiger partial charge is 0.164 e. The van der Waals surface area contributed by atoms with Gasteiger partial charge in [0.15, 0.2) is 5.78 Å². The lowest BCUT2D eigenvalue weighted by molar-refractivity contribution is -0.125. The molecule has 2 rings (SSSR count). The van der Waals surface area contributed by atoms with Crippen molar-refractivity contribution in [3.63, 3.8) is 0 Å². The van der Waals surface area contributed by atoms with Crippen LogP contribution in [0.15, 0.2) is 11.1 Å². The molecule has 0 unspecified atom stereocenters. The van der Waals surface area contributed by atoms with Crippen LogP contribution in [0.2, 0.25) is 0 Å². The molecule has 4 atom stereocenters. The number of aliphatic hydroxyl groups excluding tert-OH is 3. The second kappa shape index (κ2) is 3.68. The Morgan fingerprint density at radius 2 is 1.93 bits per heavy atom. The Labute approximate surface area is 87.0 Å². The highest BCUT2D eigenvalue weighted by Gasteiger charge is 2.41. The molecule has 5 nitrogen and oxygen atoms in total. The minimum Gasteiger partial charge on any atom is -0.390 e. The maximum absolute atomic E-state index is 11.5. The summed E-state index contributed by atoms with van der Waals surface area (Å²) in [6, 6.07) is 0. The third-order valence-corrected chi connectivity index (χ3v) is 3.02. The summed E-state index contributed by atoms with van der Waals surface area (Å²) in [5, 5.41) is 28.9. The SMILES string of the molecule is C[C@@H]1OCC2=C([C@H](O)[C@H](O)CC2=O)[C@@H]1O. The minimum absolute atomic E-state index is 0.107. The van der Waals surface area contributed by atoms with Crippen LogP contribution in [0.1, 0.15) is 13.3 Å². The second-order valence-electron chi connectivity index (χ2n) is 4.03. The first-order chi connectivity index (χ1) is 7.02. The fraction of sp³-hybridized carbons (Fsp3) is 0.700. The number of aliphatic hydroxyl groups is 3. The largest absolute Gasteiger partial charge is 0.390 e. The average molecular weight is 214 g/mol. The summed E-state index contributed by atoms with van der Waals surface area (Å²) in [7, 11) is 0. The summed E-state index contributed by atoms with van der Waals surface area (Å²) in [6.07, 6.45) is -3.85. The number of ether oxygens (including phenoxy) is 1. The standard InChI is InChI=1S/C10H14O5/c1-4-9(13)8-5(3-15-4)6(11)2-7(12)10(8)14/h4,7,9-10,12-14H,2-3H2,1H3/t4-,7+,9+,10+/m0/s1. The maximum atomic E-state index is 11.5. The summed E-state index contributed by atoms with van der Waals surface area (Å²) < 4.78 is 5.19. The first-order valence-corrected chi connectivity index (χ1v) is 4.94. The van der Waals surface area contributed by atoms with Gasteiger partial charge >= 0.3 is 0 Å². The molecule has 0 spiro atoms. The molecule has 1 heterocycles. The van der Waals surface area contributed by atoms with Crippen LogP contribution in [-0.4, -0.2) is 52.1 Å². The fourth-order valence-electron chi connectivity index (χ4n) is 2.05. The van der Waals surface area contributed by atoms with Crippen molar-refractivity contribution >= 4 is 5.78 Å². The highest BCUT2D eigenvalue weighted by molar-refractivity contribution is 5.98. The first kappa shape index (κ1) is 10.8. The lowest BCUT2D eigenvalue weighted by Crippen LogP contribution is -2.48. The van der Waals surface area contributed by atoms with Gasteiger partial charge in [0.25, 0.3) is 0 Å². The third-order valence-electron chi connectivity index (χ3n) is 3.02. The van der Waals surface area contributed by atoms with E-state index in [1.54, 1.807) is 6.92 Å². The topological polar surface area (TPSA) is 87.0 Å². The molecule has 0 aromatic carbocycles. The highest BCUT2D eigenvalue weighted by atomic mass is 16.5. The Hall–Kier alpha value is -0.750. The van der Waals surface area contributed by atoms with Crippen molar-refractivity contribution in [1.82, 2.24) is 0 Å². The molecule has 0 saturated carbocycles. The Kier molecular flexibility index (Phi) is 2.64. The number of rotatable bonds is 0. The van der Waals surface area contributed by atoms with Crippen molar-refractivity contribution in [1.29, 1.82) is 0 Å². The lowest BCUT2D eigenvalue weighted by Gasteiger charge is -2.37. The van der Waals surface area contributed by atoms with E-state index in [1.165, 1.54) is 0 Å². The van der Waals surface area contributed by atoms with Gasteiger partial charge in [-0.15, -0.1) is 0 Å². The lowest BCUT2D eigenvalue weighted by atomic mass is 9.81. The third kappa shape index (κ3) is 1.61. The Bertz CT molecular complexity index is 316. The number of carbonyl (C=O) groups excluding carboxylic acids is 1. The van der Waals surface area contributed by atoms with Crippen LogP contribution >= 0.6 is 0 Å². The van der Waals surface area contributed by atoms with Crippen LogP contribution in [-0.2, 0) is 9.53 Å². The van der Waals surface area contributed by atoms with Crippen molar-refractivity contribution in [2.75, 3.05) is 6.61 Å². The molecule has 2 aliphatic rings. The zero-order chi connectivity index (χ0) is 11.2. The van der Waals surface area contributed by atoms with Gasteiger partial charge in [0.1, 0.15) is 12.2 Å². The quantitative estimate of drug-likeness (QED) is 0.469. The summed E-state index contributed by atoms with van der Waals surface area (Å²) in [5.74, 6) is -0.256. The van der Waals surface area contributed by atoms with E-state index in [4.69, 9.17) is 4.74 Å². The van der Waals surface area contributed by atoms with Crippen LogP contribution in [0.5, 0.6) is 0 Å². The number of hydrogen-bond acceptors (Lipinski definition) is 5. The molecule has 0 aromatic heterocycles. The Morgan fingerprint density at radius 1 is 1.27 bits per heavy atom. The van der Waals surface area contributed by atoms with Crippen molar-refractivity contribution in [2.24, 2.45) is 0 Å². The van der Waals surface area contributed by atoms with Gasteiger partial charge in [-0.05, 0) is 6.92 Å². The normalized spacial score (nSPS) is 41.7. The molecule has 0 radical (unpaired) electrons. The maximum Gasteiger partial charge on any atom is 0.164 e. The Balaban J connectivity index is 2.42. The van der Waals surface area contributed by atoms with E-state index in [9.17, 15) is 20.1 Å². The van der Waals surface area contributed by atoms with Crippen LogP contribution in [0.4, 0.5) is 0 Å². The van der Waals surface area contributed by atoms with Crippen LogP contribution in [0, 0.1) is 0 Å². The van der Waals surface area contributed by atoms with Crippen molar-refractivity contribution < 1.29 is 24.9 Å². The van der Waals surface area contributed by atoms with E-state index in [0.717, 1.165) is 0 Å². The Morgan fingerprint density at radius 3 is 2.60 bits per heavy atom. The zero-order valence-corrected chi connectivity index (χ0v) is 8.38. The summed E-state index contributed by atoms with van der Waals surface area (Å²) in [6.45, 7) is 1.77. The molecule has 84 valence electrons. The summed E-state index contributed by atoms with van der Waals surface area (Å²) >= 11 is 0. The summed E-state index contributed by atoms with van der Waals surface area (Å²) in [4.78, 5) is 11.5. The van der Waals surface area contributed by atoms with Gasteiger partial charge in [-0.2, -0.15) is 0 Å². The van der Waals surface area contributed by atoms with E-state index < -0.39 is 24.4 Å². The van der Waals surface area contributed by atoms with Crippen LogP contribution < -0.4 is 0 Å². The van der Waals surface area contributed by atoms with E-state index in [-0.39, 0.29) is 24.4 Å². The fourth-order valence-corrected chi connectivity index (χ4v) is 2.05. The number of Topliss-reactive ketones (excluding diaryl/α,β-unsaturated/α-hetero) is 1. The van der Waals surface area contributed by atoms with Gasteiger partial charge < -0.3 is 20.1 Å². The van der Waals surface area contributed by atoms with Crippen LogP contribution in [0.25, 0.3) is 0 Å². The molecule has 0 fully saturated rings. The van der Waals surface area contributed by atoms with Gasteiger partial charge in [0.2, 0.25) is 0 Å². The van der Waals surface area contributed by atoms with Gasteiger partial charge in [-0.3, -0.25) is 4.79 Å². The highest BCUT2D eigenvalue weighted by Crippen LogP contribution is 2.31. The number of carbonyl (C=O) groups is 1. The second-order valence-corrected chi connectivity index (χ2v) is 4.03. The predicted molar refractivity (Wildman–Crippen MR) is 50.1 cm³/mol. The van der Waals surface area contributed by atoms with Crippen molar-refractivity contribution in [2.45, 2.75) is 37.8 Å². The number of hydrogen-bond donors (Lipinski definition) is 3. The molecule has 0 amide bonds. The molecule has 1 aliphatic carbocycles. The van der Waals surface area contributed by atoms with Crippen molar-refractivity contribution in [3.8, 4) is 0 Å². The van der Waals surface area contributed by atoms with Gasteiger partial charge in [0.05, 0.1) is 18.8 Å². The molecule has 15 heavy (non-hydrogen) atoms. The minimum atomic E-state index is -1.15. The molecular weight excluding hydrogens is 200 g/mol. The van der Waals surface area contributed by atoms with Crippen LogP contribution in [0.3, 0.4) is 0 Å². The van der Waals surface area contributed by atoms with E-state index >= 15 is 0 Å². The van der Waals surface area contributed by atoms with E-state index in [1.807, 2.05) is 0 Å². The zero-order valence-electron chi connectivity index (χ0n) is 8.38. The molecule has 1 aliphatic heterocycles. The summed E-state index contributed by atoms with van der Waals surface area (Å²) in [5.41, 5.74) is 0.552. The molecule has 0 aromatic rings. The van der Waals surface area contributed by atoms with Crippen molar-refractivity contribution in [3.05, 3.63) is 11.1 Å². The molecular formula is C10H14O5. The van der Waals surface area contributed by atoms with Gasteiger partial charge in [-0.1, -0.05) is 0 Å². The first-order valence-electron chi connectivity index (χ1n) is 4.94. The van der Waals surface area contributed by atoms with E-state index in [2.05, 4.69) is 0 Å². The molecule has 5 heteroatoms. The average Bonchev–Trinajstić information content (AvgIpc) is 2.19. The molecule has 0 saturated heterocycles. The van der Waals surface area contributed by atoms with Gasteiger partial charge in [-0.25, -0.2) is 0 Å². The number of ketones is 1. The monoisotopic (exact) mass is 214 g/mol. The molecule has 0 bridgehead atoms. The van der Waals surface area contributed by atoms with E-state index in [0.29, 0.717) is 5.57 Å².